The number of hydrogen-bond donors (Lipinski definition) is 0. The molecule has 0 saturated heterocycles. The lowest BCUT2D eigenvalue weighted by Crippen LogP contribution is -2.36. The Morgan fingerprint density at radius 3 is 3.05 bits per heavy atom. The third kappa shape index (κ3) is 3.17. The number of nitrogens with zero attached hydrogens (tertiary/aromatic N) is 3. The predicted molar refractivity (Wildman–Crippen MR) is 79.1 cm³/mol. The van der Waals surface area contributed by atoms with E-state index in [9.17, 15) is 5.26 Å². The fraction of sp³-hybridized carbons (Fsp3) is 0.467. The summed E-state index contributed by atoms with van der Waals surface area (Å²) in [5.74, 6) is 0.790. The van der Waals surface area contributed by atoms with Crippen LogP contribution in [0.2, 0.25) is 0 Å². The summed E-state index contributed by atoms with van der Waals surface area (Å²) >= 11 is 1.59. The van der Waals surface area contributed by atoms with E-state index >= 15 is 0 Å². The van der Waals surface area contributed by atoms with Gasteiger partial charge < -0.3 is 0 Å². The van der Waals surface area contributed by atoms with Gasteiger partial charge >= 0.3 is 0 Å². The van der Waals surface area contributed by atoms with Gasteiger partial charge in [0.2, 0.25) is 0 Å². The van der Waals surface area contributed by atoms with Crippen LogP contribution in [-0.2, 0) is 13.0 Å². The summed E-state index contributed by atoms with van der Waals surface area (Å²) in [7, 11) is 0. The molecule has 0 fully saturated rings. The number of hydrogen-bond acceptors (Lipinski definition) is 4. The maximum Gasteiger partial charge on any atom is 0.114 e. The summed E-state index contributed by atoms with van der Waals surface area (Å²) in [5, 5.41) is 10.1. The molecule has 0 radical (unpaired) electrons. The molecule has 19 heavy (non-hydrogen) atoms. The van der Waals surface area contributed by atoms with Crippen LogP contribution >= 0.6 is 11.8 Å². The van der Waals surface area contributed by atoms with Crippen LogP contribution in [-0.4, -0.2) is 28.2 Å². The number of thioether (sulfide) groups is 1. The maximum atomic E-state index is 9.25. The zero-order valence-corrected chi connectivity index (χ0v) is 12.3. The van der Waals surface area contributed by atoms with Crippen molar-refractivity contribution in [1.82, 2.24) is 9.88 Å². The van der Waals surface area contributed by atoms with Gasteiger partial charge in [-0.15, -0.1) is 18.3 Å². The van der Waals surface area contributed by atoms with Crippen molar-refractivity contribution < 1.29 is 0 Å². The van der Waals surface area contributed by atoms with Gasteiger partial charge in [-0.1, -0.05) is 6.08 Å². The SMILES string of the molecule is C=CCSc1nc2c(cc1C#N)CN(C(C)C)CC2. The molecule has 0 saturated carbocycles. The van der Waals surface area contributed by atoms with Gasteiger partial charge in [0.1, 0.15) is 11.1 Å². The number of nitriles is 1. The predicted octanol–water partition coefficient (Wildman–Crippen LogP) is 3.00. The van der Waals surface area contributed by atoms with Gasteiger partial charge in [0.15, 0.2) is 0 Å². The smallest absolute Gasteiger partial charge is 0.114 e. The molecule has 1 aliphatic heterocycles. The molecule has 100 valence electrons. The standard InChI is InChI=1S/C15H19N3S/c1-4-7-19-15-12(9-16)8-13-10-18(11(2)3)6-5-14(13)17-15/h4,8,11H,1,5-7,10H2,2-3H3. The molecule has 0 aromatic carbocycles. The van der Waals surface area contributed by atoms with E-state index in [0.29, 0.717) is 11.6 Å². The zero-order chi connectivity index (χ0) is 13.8. The Hall–Kier alpha value is -1.31. The van der Waals surface area contributed by atoms with Crippen LogP contribution in [0.1, 0.15) is 30.7 Å². The maximum absolute atomic E-state index is 9.25. The molecule has 0 atom stereocenters. The molecule has 1 aliphatic rings. The Bertz CT molecular complexity index is 517. The van der Waals surface area contributed by atoms with Gasteiger partial charge in [0, 0.05) is 37.0 Å². The summed E-state index contributed by atoms with van der Waals surface area (Å²) in [6.07, 6.45) is 2.81. The highest BCUT2D eigenvalue weighted by Crippen LogP contribution is 2.26. The van der Waals surface area contributed by atoms with E-state index in [0.717, 1.165) is 36.0 Å². The second-order valence-corrected chi connectivity index (χ2v) is 5.98. The van der Waals surface area contributed by atoms with E-state index < -0.39 is 0 Å². The van der Waals surface area contributed by atoms with E-state index in [1.807, 2.05) is 12.1 Å². The molecule has 3 nitrogen and oxygen atoms in total. The minimum absolute atomic E-state index is 0.536. The van der Waals surface area contributed by atoms with Crippen LogP contribution < -0.4 is 0 Å². The van der Waals surface area contributed by atoms with E-state index in [1.54, 1.807) is 11.8 Å². The molecule has 0 aliphatic carbocycles. The highest BCUT2D eigenvalue weighted by Gasteiger charge is 2.21. The molecular formula is C15H19N3S. The monoisotopic (exact) mass is 273 g/mol. The number of fused-ring (bicyclic) bond motifs is 1. The van der Waals surface area contributed by atoms with Crippen LogP contribution in [0.15, 0.2) is 23.7 Å². The van der Waals surface area contributed by atoms with E-state index in [-0.39, 0.29) is 0 Å². The molecule has 0 N–H and O–H groups in total. The van der Waals surface area contributed by atoms with Crippen molar-refractivity contribution >= 4 is 11.8 Å². The van der Waals surface area contributed by atoms with Crippen LogP contribution in [0.5, 0.6) is 0 Å². The third-order valence-corrected chi connectivity index (χ3v) is 4.34. The third-order valence-electron chi connectivity index (χ3n) is 3.35. The van der Waals surface area contributed by atoms with Gasteiger partial charge in [-0.2, -0.15) is 5.26 Å². The van der Waals surface area contributed by atoms with Crippen molar-refractivity contribution in [2.24, 2.45) is 0 Å². The first kappa shape index (κ1) is 14.1. The van der Waals surface area contributed by atoms with Crippen molar-refractivity contribution in [2.75, 3.05) is 12.3 Å². The Labute approximate surface area is 119 Å². The normalized spacial score (nSPS) is 15.1. The minimum Gasteiger partial charge on any atom is -0.296 e. The summed E-state index contributed by atoms with van der Waals surface area (Å²) in [6, 6.07) is 4.81. The van der Waals surface area contributed by atoms with Crippen molar-refractivity contribution in [2.45, 2.75) is 37.9 Å². The first-order valence-electron chi connectivity index (χ1n) is 6.56. The Morgan fingerprint density at radius 2 is 2.42 bits per heavy atom. The molecule has 2 rings (SSSR count). The van der Waals surface area contributed by atoms with E-state index in [4.69, 9.17) is 0 Å². The molecule has 0 unspecified atom stereocenters. The molecule has 0 spiro atoms. The van der Waals surface area contributed by atoms with E-state index in [2.05, 4.69) is 36.4 Å². The molecule has 1 aromatic heterocycles. The van der Waals surface area contributed by atoms with Gasteiger partial charge in [0.25, 0.3) is 0 Å². The van der Waals surface area contributed by atoms with Crippen molar-refractivity contribution in [3.63, 3.8) is 0 Å². The fourth-order valence-electron chi connectivity index (χ4n) is 2.24. The van der Waals surface area contributed by atoms with Gasteiger partial charge in [-0.05, 0) is 25.5 Å². The highest BCUT2D eigenvalue weighted by molar-refractivity contribution is 7.99. The van der Waals surface area contributed by atoms with E-state index in [1.165, 1.54) is 5.56 Å². The van der Waals surface area contributed by atoms with Gasteiger partial charge in [-0.3, -0.25) is 4.90 Å². The van der Waals surface area contributed by atoms with Gasteiger partial charge in [-0.25, -0.2) is 4.98 Å². The molecule has 4 heteroatoms. The quantitative estimate of drug-likeness (QED) is 0.624. The highest BCUT2D eigenvalue weighted by atomic mass is 32.2. The molecule has 2 heterocycles. The fourth-order valence-corrected chi connectivity index (χ4v) is 2.95. The number of aromatic nitrogens is 1. The number of pyridine rings is 1. The minimum atomic E-state index is 0.536. The van der Waals surface area contributed by atoms with Crippen LogP contribution in [0, 0.1) is 11.3 Å². The lowest BCUT2D eigenvalue weighted by molar-refractivity contribution is 0.201. The molecule has 0 bridgehead atoms. The summed E-state index contributed by atoms with van der Waals surface area (Å²) in [6.45, 7) is 10.1. The van der Waals surface area contributed by atoms with Crippen LogP contribution in [0.4, 0.5) is 0 Å². The van der Waals surface area contributed by atoms with Crippen LogP contribution in [0.25, 0.3) is 0 Å². The zero-order valence-electron chi connectivity index (χ0n) is 11.5. The largest absolute Gasteiger partial charge is 0.296 e. The number of rotatable bonds is 4. The average molecular weight is 273 g/mol. The summed E-state index contributed by atoms with van der Waals surface area (Å²) in [4.78, 5) is 7.10. The molecule has 0 amide bonds. The topological polar surface area (TPSA) is 39.9 Å². The Kier molecular flexibility index (Phi) is 4.62. The molecular weight excluding hydrogens is 254 g/mol. The summed E-state index contributed by atoms with van der Waals surface area (Å²) in [5.41, 5.74) is 3.05. The molecule has 1 aromatic rings. The lowest BCUT2D eigenvalue weighted by Gasteiger charge is -2.31. The second kappa shape index (κ2) is 6.23. The van der Waals surface area contributed by atoms with Crippen molar-refractivity contribution in [3.8, 4) is 6.07 Å². The summed E-state index contributed by atoms with van der Waals surface area (Å²) < 4.78 is 0. The first-order valence-corrected chi connectivity index (χ1v) is 7.55. The lowest BCUT2D eigenvalue weighted by atomic mass is 10.0. The van der Waals surface area contributed by atoms with Crippen molar-refractivity contribution in [3.05, 3.63) is 35.5 Å². The Morgan fingerprint density at radius 1 is 1.63 bits per heavy atom. The average Bonchev–Trinajstić information content (AvgIpc) is 2.43. The van der Waals surface area contributed by atoms with Gasteiger partial charge in [0.05, 0.1) is 5.56 Å². The Balaban J connectivity index is 2.30. The van der Waals surface area contributed by atoms with Crippen molar-refractivity contribution in [1.29, 1.82) is 5.26 Å². The first-order chi connectivity index (χ1) is 9.15. The van der Waals surface area contributed by atoms with Crippen LogP contribution in [0.3, 0.4) is 0 Å². The second-order valence-electron chi connectivity index (χ2n) is 4.97.